The first-order valence-corrected chi connectivity index (χ1v) is 10.4. The standard InChI is InChI=1S/C24H32O4/c1-16(2)18-11-13-24(3)14-12-20(26)19(15-25)22(24)23(18)28-21(27)10-9-17-7-5-4-6-8-17/h4-10,15-16,18-20,22-23,26H,11-14H2,1-3H3/t18-,19-,20-,22+,23+,24-/m0/s1. The Morgan fingerprint density at radius 2 is 1.89 bits per heavy atom. The number of hydrogen-bond donors (Lipinski definition) is 1. The van der Waals surface area contributed by atoms with Crippen molar-refractivity contribution in [3.05, 3.63) is 42.0 Å². The number of rotatable bonds is 5. The molecule has 0 spiro atoms. The molecule has 3 rings (SSSR count). The summed E-state index contributed by atoms with van der Waals surface area (Å²) in [7, 11) is 0. The minimum absolute atomic E-state index is 0.0791. The van der Waals surface area contributed by atoms with E-state index in [0.29, 0.717) is 12.3 Å². The summed E-state index contributed by atoms with van der Waals surface area (Å²) in [6.45, 7) is 6.48. The average molecular weight is 385 g/mol. The van der Waals surface area contributed by atoms with Crippen molar-refractivity contribution >= 4 is 18.3 Å². The van der Waals surface area contributed by atoms with Gasteiger partial charge in [0, 0.05) is 17.9 Å². The number of ether oxygens (including phenoxy) is 1. The van der Waals surface area contributed by atoms with Gasteiger partial charge in [0.25, 0.3) is 0 Å². The molecule has 28 heavy (non-hydrogen) atoms. The Hall–Kier alpha value is -1.94. The molecular formula is C24H32O4. The Labute approximate surface area is 168 Å². The molecule has 0 aliphatic heterocycles. The molecular weight excluding hydrogens is 352 g/mol. The molecule has 152 valence electrons. The SMILES string of the molecule is CC(C)[C@@H]1CC[C@@]2(C)CC[C@H](O)[C@H](C=O)[C@@H]2[C@@H]1OC(=O)C=Cc1ccccc1. The third kappa shape index (κ3) is 4.22. The quantitative estimate of drug-likeness (QED) is 0.468. The molecule has 1 N–H and O–H groups in total. The van der Waals surface area contributed by atoms with Crippen molar-refractivity contribution in [1.29, 1.82) is 0 Å². The fourth-order valence-corrected chi connectivity index (χ4v) is 5.33. The summed E-state index contributed by atoms with van der Waals surface area (Å²) in [5.74, 6) is -0.458. The van der Waals surface area contributed by atoms with E-state index in [9.17, 15) is 14.7 Å². The molecule has 0 aromatic heterocycles. The lowest BCUT2D eigenvalue weighted by molar-refractivity contribution is -0.181. The van der Waals surface area contributed by atoms with Crippen LogP contribution in [0.1, 0.15) is 52.0 Å². The van der Waals surface area contributed by atoms with Crippen molar-refractivity contribution < 1.29 is 19.4 Å². The van der Waals surface area contributed by atoms with Crippen LogP contribution >= 0.6 is 0 Å². The first kappa shape index (κ1) is 20.8. The summed E-state index contributed by atoms with van der Waals surface area (Å²) < 4.78 is 6.01. The van der Waals surface area contributed by atoms with E-state index >= 15 is 0 Å². The van der Waals surface area contributed by atoms with Crippen LogP contribution in [0.4, 0.5) is 0 Å². The van der Waals surface area contributed by atoms with Gasteiger partial charge >= 0.3 is 5.97 Å². The molecule has 1 aromatic carbocycles. The highest BCUT2D eigenvalue weighted by atomic mass is 16.5. The third-order valence-electron chi connectivity index (χ3n) is 6.98. The Bertz CT molecular complexity index is 711. The van der Waals surface area contributed by atoms with E-state index in [4.69, 9.17) is 4.74 Å². The molecule has 2 fully saturated rings. The topological polar surface area (TPSA) is 63.6 Å². The molecule has 4 nitrogen and oxygen atoms in total. The number of benzene rings is 1. The number of hydrogen-bond acceptors (Lipinski definition) is 4. The summed E-state index contributed by atoms with van der Waals surface area (Å²) in [6.07, 6.45) is 6.59. The van der Waals surface area contributed by atoms with Crippen LogP contribution in [0.3, 0.4) is 0 Å². The van der Waals surface area contributed by atoms with E-state index in [2.05, 4.69) is 20.8 Å². The Morgan fingerprint density at radius 1 is 1.21 bits per heavy atom. The van der Waals surface area contributed by atoms with Gasteiger partial charge in [-0.3, -0.25) is 0 Å². The molecule has 6 atom stereocenters. The molecule has 2 aliphatic rings. The zero-order chi connectivity index (χ0) is 20.3. The molecule has 0 heterocycles. The van der Waals surface area contributed by atoms with Gasteiger partial charge < -0.3 is 14.6 Å². The predicted octanol–water partition coefficient (Wildman–Crippen LogP) is 4.27. The third-order valence-corrected chi connectivity index (χ3v) is 6.98. The maximum atomic E-state index is 12.6. The monoisotopic (exact) mass is 384 g/mol. The highest BCUT2D eigenvalue weighted by Crippen LogP contribution is 2.55. The smallest absolute Gasteiger partial charge is 0.331 e. The van der Waals surface area contributed by atoms with Crippen molar-refractivity contribution in [3.8, 4) is 0 Å². The predicted molar refractivity (Wildman–Crippen MR) is 109 cm³/mol. The van der Waals surface area contributed by atoms with Crippen LogP contribution in [0.2, 0.25) is 0 Å². The number of fused-ring (bicyclic) bond motifs is 1. The van der Waals surface area contributed by atoms with Crippen LogP contribution in [0.5, 0.6) is 0 Å². The van der Waals surface area contributed by atoms with Gasteiger partial charge in [-0.05, 0) is 54.6 Å². The normalized spacial score (nSPS) is 35.5. The molecule has 0 saturated heterocycles. The van der Waals surface area contributed by atoms with E-state index in [1.165, 1.54) is 6.08 Å². The van der Waals surface area contributed by atoms with Crippen molar-refractivity contribution in [2.75, 3.05) is 0 Å². The number of carbonyl (C=O) groups is 2. The second-order valence-electron chi connectivity index (χ2n) is 9.09. The van der Waals surface area contributed by atoms with Crippen LogP contribution in [-0.2, 0) is 14.3 Å². The van der Waals surface area contributed by atoms with E-state index in [-0.39, 0.29) is 29.3 Å². The van der Waals surface area contributed by atoms with E-state index in [1.807, 2.05) is 30.3 Å². The van der Waals surface area contributed by atoms with Crippen molar-refractivity contribution in [1.82, 2.24) is 0 Å². The molecule has 0 unspecified atom stereocenters. The summed E-state index contributed by atoms with van der Waals surface area (Å²) in [5.41, 5.74) is 0.858. The molecule has 0 amide bonds. The molecule has 0 radical (unpaired) electrons. The molecule has 2 saturated carbocycles. The largest absolute Gasteiger partial charge is 0.459 e. The summed E-state index contributed by atoms with van der Waals surface area (Å²) in [4.78, 5) is 24.5. The second-order valence-corrected chi connectivity index (χ2v) is 9.09. The summed E-state index contributed by atoms with van der Waals surface area (Å²) >= 11 is 0. The number of aliphatic hydroxyl groups is 1. The summed E-state index contributed by atoms with van der Waals surface area (Å²) in [6, 6.07) is 9.63. The Balaban J connectivity index is 1.85. The van der Waals surface area contributed by atoms with Crippen LogP contribution < -0.4 is 0 Å². The van der Waals surface area contributed by atoms with Gasteiger partial charge in [0.2, 0.25) is 0 Å². The van der Waals surface area contributed by atoms with Crippen molar-refractivity contribution in [3.63, 3.8) is 0 Å². The van der Waals surface area contributed by atoms with Gasteiger partial charge in [-0.1, -0.05) is 51.1 Å². The average Bonchev–Trinajstić information content (AvgIpc) is 2.68. The van der Waals surface area contributed by atoms with E-state index in [0.717, 1.165) is 31.1 Å². The number of carbonyl (C=O) groups excluding carboxylic acids is 2. The lowest BCUT2D eigenvalue weighted by atomic mass is 9.52. The fraction of sp³-hybridized carbons (Fsp3) is 0.583. The van der Waals surface area contributed by atoms with E-state index in [1.54, 1.807) is 6.08 Å². The van der Waals surface area contributed by atoms with Gasteiger partial charge in [-0.2, -0.15) is 0 Å². The highest BCUT2D eigenvalue weighted by molar-refractivity contribution is 5.87. The minimum Gasteiger partial charge on any atom is -0.459 e. The van der Waals surface area contributed by atoms with Crippen LogP contribution in [0, 0.1) is 29.1 Å². The Morgan fingerprint density at radius 3 is 2.54 bits per heavy atom. The van der Waals surface area contributed by atoms with Crippen LogP contribution in [-0.4, -0.2) is 29.6 Å². The van der Waals surface area contributed by atoms with Gasteiger partial charge in [0.1, 0.15) is 12.4 Å². The number of aliphatic hydroxyl groups excluding tert-OH is 1. The molecule has 4 heteroatoms. The zero-order valence-corrected chi connectivity index (χ0v) is 17.1. The minimum atomic E-state index is -0.650. The molecule has 1 aromatic rings. The molecule has 2 aliphatic carbocycles. The second kappa shape index (κ2) is 8.60. The van der Waals surface area contributed by atoms with Crippen LogP contribution in [0.15, 0.2) is 36.4 Å². The first-order valence-electron chi connectivity index (χ1n) is 10.4. The lowest BCUT2D eigenvalue weighted by Gasteiger charge is -2.55. The van der Waals surface area contributed by atoms with Gasteiger partial charge in [-0.25, -0.2) is 4.79 Å². The Kier molecular flexibility index (Phi) is 6.39. The zero-order valence-electron chi connectivity index (χ0n) is 17.1. The first-order chi connectivity index (χ1) is 13.4. The van der Waals surface area contributed by atoms with Crippen molar-refractivity contribution in [2.45, 2.75) is 58.7 Å². The van der Waals surface area contributed by atoms with E-state index < -0.39 is 12.0 Å². The molecule has 0 bridgehead atoms. The number of aldehydes is 1. The van der Waals surface area contributed by atoms with Gasteiger partial charge in [0.15, 0.2) is 0 Å². The maximum absolute atomic E-state index is 12.6. The highest BCUT2D eigenvalue weighted by Gasteiger charge is 2.55. The van der Waals surface area contributed by atoms with Gasteiger partial charge in [-0.15, -0.1) is 0 Å². The van der Waals surface area contributed by atoms with Gasteiger partial charge in [0.05, 0.1) is 6.10 Å². The maximum Gasteiger partial charge on any atom is 0.331 e. The lowest BCUT2D eigenvalue weighted by Crippen LogP contribution is -2.56. The number of esters is 1. The van der Waals surface area contributed by atoms with Crippen molar-refractivity contribution in [2.24, 2.45) is 29.1 Å². The summed E-state index contributed by atoms with van der Waals surface area (Å²) in [5, 5.41) is 10.5. The van der Waals surface area contributed by atoms with Crippen LogP contribution in [0.25, 0.3) is 6.08 Å². The fourth-order valence-electron chi connectivity index (χ4n) is 5.33.